The molecule has 2 N–H and O–H groups in total. The lowest BCUT2D eigenvalue weighted by Gasteiger charge is -2.24. The summed E-state index contributed by atoms with van der Waals surface area (Å²) < 4.78 is 10.6. The average Bonchev–Trinajstić information content (AvgIpc) is 2.91. The van der Waals surface area contributed by atoms with Crippen molar-refractivity contribution in [3.05, 3.63) is 23.8 Å². The van der Waals surface area contributed by atoms with Crippen molar-refractivity contribution in [2.75, 3.05) is 19.9 Å². The van der Waals surface area contributed by atoms with E-state index in [2.05, 4.69) is 0 Å². The molecule has 1 aliphatic heterocycles. The summed E-state index contributed by atoms with van der Waals surface area (Å²) in [7, 11) is 0. The molecule has 0 saturated heterocycles. The number of ether oxygens (including phenoxy) is 2. The van der Waals surface area contributed by atoms with Crippen LogP contribution in [0.5, 0.6) is 11.5 Å². The molecule has 5 heteroatoms. The van der Waals surface area contributed by atoms with E-state index >= 15 is 0 Å². The summed E-state index contributed by atoms with van der Waals surface area (Å²) in [6.45, 7) is 5.98. The molecule has 0 aromatic heterocycles. The summed E-state index contributed by atoms with van der Waals surface area (Å²) >= 11 is 0. The predicted octanol–water partition coefficient (Wildman–Crippen LogP) is 1.75. The fourth-order valence-electron chi connectivity index (χ4n) is 2.29. The first kappa shape index (κ1) is 14.7. The monoisotopic (exact) mass is 278 g/mol. The lowest BCUT2D eigenvalue weighted by molar-refractivity contribution is -0.135. The third-order valence-corrected chi connectivity index (χ3v) is 3.53. The van der Waals surface area contributed by atoms with E-state index < -0.39 is 0 Å². The van der Waals surface area contributed by atoms with E-state index in [4.69, 9.17) is 15.2 Å². The SMILES string of the molecule is CCN(Cc1ccc2c(c1)OCO2)C(=O)C(C)CCN. The van der Waals surface area contributed by atoms with E-state index in [9.17, 15) is 4.79 Å². The lowest BCUT2D eigenvalue weighted by atomic mass is 10.1. The van der Waals surface area contributed by atoms with Gasteiger partial charge in [0.1, 0.15) is 0 Å². The van der Waals surface area contributed by atoms with Gasteiger partial charge in [-0.1, -0.05) is 13.0 Å². The number of rotatable bonds is 6. The minimum absolute atomic E-state index is 0.0334. The Morgan fingerprint density at radius 3 is 2.85 bits per heavy atom. The second-order valence-corrected chi connectivity index (χ2v) is 5.02. The second-order valence-electron chi connectivity index (χ2n) is 5.02. The van der Waals surface area contributed by atoms with Gasteiger partial charge in [0.2, 0.25) is 12.7 Å². The van der Waals surface area contributed by atoms with Crippen LogP contribution in [0.15, 0.2) is 18.2 Å². The first-order chi connectivity index (χ1) is 9.65. The molecule has 0 saturated carbocycles. The molecule has 1 unspecified atom stereocenters. The number of amides is 1. The molecule has 1 amide bonds. The number of hydrogen-bond acceptors (Lipinski definition) is 4. The number of nitrogens with two attached hydrogens (primary N) is 1. The minimum atomic E-state index is -0.0334. The lowest BCUT2D eigenvalue weighted by Crippen LogP contribution is -2.35. The van der Waals surface area contributed by atoms with Gasteiger partial charge in [-0.05, 0) is 37.6 Å². The first-order valence-electron chi connectivity index (χ1n) is 7.03. The number of hydrogen-bond donors (Lipinski definition) is 1. The van der Waals surface area contributed by atoms with Crippen LogP contribution in [0.3, 0.4) is 0 Å². The fraction of sp³-hybridized carbons (Fsp3) is 0.533. The van der Waals surface area contributed by atoms with Gasteiger partial charge in [0.15, 0.2) is 11.5 Å². The van der Waals surface area contributed by atoms with Crippen LogP contribution in [-0.2, 0) is 11.3 Å². The Balaban J connectivity index is 2.04. The molecule has 0 radical (unpaired) electrons. The minimum Gasteiger partial charge on any atom is -0.454 e. The van der Waals surface area contributed by atoms with Gasteiger partial charge in [-0.3, -0.25) is 4.79 Å². The molecule has 1 aliphatic rings. The summed E-state index contributed by atoms with van der Waals surface area (Å²) in [5.74, 6) is 1.63. The molecular weight excluding hydrogens is 256 g/mol. The highest BCUT2D eigenvalue weighted by molar-refractivity contribution is 5.78. The van der Waals surface area contributed by atoms with Gasteiger partial charge in [0.25, 0.3) is 0 Å². The summed E-state index contributed by atoms with van der Waals surface area (Å²) in [5.41, 5.74) is 6.57. The Kier molecular flexibility index (Phi) is 4.84. The highest BCUT2D eigenvalue weighted by Crippen LogP contribution is 2.32. The van der Waals surface area contributed by atoms with Crippen LogP contribution in [0, 0.1) is 5.92 Å². The fourth-order valence-corrected chi connectivity index (χ4v) is 2.29. The smallest absolute Gasteiger partial charge is 0.231 e. The summed E-state index contributed by atoms with van der Waals surface area (Å²) in [4.78, 5) is 14.2. The summed E-state index contributed by atoms with van der Waals surface area (Å²) in [6, 6.07) is 5.79. The van der Waals surface area contributed by atoms with Crippen molar-refractivity contribution in [2.24, 2.45) is 11.7 Å². The number of carbonyl (C=O) groups is 1. The Labute approximate surface area is 119 Å². The van der Waals surface area contributed by atoms with E-state index in [1.165, 1.54) is 0 Å². The molecule has 2 rings (SSSR count). The molecule has 5 nitrogen and oxygen atoms in total. The van der Waals surface area contributed by atoms with Crippen molar-refractivity contribution in [1.29, 1.82) is 0 Å². The van der Waals surface area contributed by atoms with E-state index in [1.807, 2.05) is 36.9 Å². The zero-order chi connectivity index (χ0) is 14.5. The van der Waals surface area contributed by atoms with Crippen LogP contribution in [0.4, 0.5) is 0 Å². The second kappa shape index (κ2) is 6.61. The third kappa shape index (κ3) is 3.22. The average molecular weight is 278 g/mol. The standard InChI is InChI=1S/C15H22N2O3/c1-3-17(15(18)11(2)6-7-16)9-12-4-5-13-14(8-12)20-10-19-13/h4-5,8,11H,3,6-7,9-10,16H2,1-2H3. The van der Waals surface area contributed by atoms with Crippen LogP contribution in [0.25, 0.3) is 0 Å². The number of benzene rings is 1. The molecule has 0 bridgehead atoms. The molecule has 1 aromatic rings. The number of nitrogens with zero attached hydrogens (tertiary/aromatic N) is 1. The number of carbonyl (C=O) groups excluding carboxylic acids is 1. The molecule has 110 valence electrons. The van der Waals surface area contributed by atoms with Crippen molar-refractivity contribution in [3.8, 4) is 11.5 Å². The Hall–Kier alpha value is -1.75. The van der Waals surface area contributed by atoms with Gasteiger partial charge in [0.05, 0.1) is 0 Å². The maximum atomic E-state index is 12.3. The van der Waals surface area contributed by atoms with Gasteiger partial charge < -0.3 is 20.1 Å². The van der Waals surface area contributed by atoms with E-state index in [-0.39, 0.29) is 18.6 Å². The highest BCUT2D eigenvalue weighted by atomic mass is 16.7. The molecule has 20 heavy (non-hydrogen) atoms. The van der Waals surface area contributed by atoms with E-state index in [1.54, 1.807) is 0 Å². The quantitative estimate of drug-likeness (QED) is 0.861. The van der Waals surface area contributed by atoms with Gasteiger partial charge in [-0.2, -0.15) is 0 Å². The van der Waals surface area contributed by atoms with Crippen LogP contribution in [0.1, 0.15) is 25.8 Å². The zero-order valence-corrected chi connectivity index (χ0v) is 12.1. The largest absolute Gasteiger partial charge is 0.454 e. The van der Waals surface area contributed by atoms with Crippen LogP contribution < -0.4 is 15.2 Å². The van der Waals surface area contributed by atoms with Crippen molar-refractivity contribution >= 4 is 5.91 Å². The van der Waals surface area contributed by atoms with Crippen LogP contribution in [-0.4, -0.2) is 30.7 Å². The summed E-state index contributed by atoms with van der Waals surface area (Å²) in [6.07, 6.45) is 0.719. The van der Waals surface area contributed by atoms with Crippen molar-refractivity contribution in [3.63, 3.8) is 0 Å². The topological polar surface area (TPSA) is 64.8 Å². The molecule has 1 aromatic carbocycles. The molecule has 1 heterocycles. The molecule has 1 atom stereocenters. The predicted molar refractivity (Wildman–Crippen MR) is 76.5 cm³/mol. The van der Waals surface area contributed by atoms with Crippen LogP contribution in [0.2, 0.25) is 0 Å². The first-order valence-corrected chi connectivity index (χ1v) is 7.03. The van der Waals surface area contributed by atoms with E-state index in [0.29, 0.717) is 19.6 Å². The molecule has 0 spiro atoms. The maximum absolute atomic E-state index is 12.3. The van der Waals surface area contributed by atoms with Gasteiger partial charge in [-0.15, -0.1) is 0 Å². The van der Waals surface area contributed by atoms with Gasteiger partial charge in [-0.25, -0.2) is 0 Å². The van der Waals surface area contributed by atoms with Gasteiger partial charge in [0, 0.05) is 19.0 Å². The Morgan fingerprint density at radius 1 is 1.40 bits per heavy atom. The number of fused-ring (bicyclic) bond motifs is 1. The van der Waals surface area contributed by atoms with Gasteiger partial charge >= 0.3 is 0 Å². The van der Waals surface area contributed by atoms with Crippen molar-refractivity contribution in [2.45, 2.75) is 26.8 Å². The normalized spacial score (nSPS) is 14.2. The maximum Gasteiger partial charge on any atom is 0.231 e. The van der Waals surface area contributed by atoms with Crippen molar-refractivity contribution in [1.82, 2.24) is 4.90 Å². The summed E-state index contributed by atoms with van der Waals surface area (Å²) in [5, 5.41) is 0. The molecule has 0 aliphatic carbocycles. The third-order valence-electron chi connectivity index (χ3n) is 3.53. The van der Waals surface area contributed by atoms with Crippen molar-refractivity contribution < 1.29 is 14.3 Å². The molecule has 0 fully saturated rings. The Morgan fingerprint density at radius 2 is 2.15 bits per heavy atom. The highest BCUT2D eigenvalue weighted by Gasteiger charge is 2.20. The zero-order valence-electron chi connectivity index (χ0n) is 12.1. The van der Waals surface area contributed by atoms with Crippen LogP contribution >= 0.6 is 0 Å². The Bertz CT molecular complexity index is 476. The molecular formula is C15H22N2O3. The van der Waals surface area contributed by atoms with E-state index in [0.717, 1.165) is 23.5 Å².